The molecule has 0 aromatic carbocycles. The Kier molecular flexibility index (Phi) is 3.68. The average molecular weight is 265 g/mol. The molecule has 0 radical (unpaired) electrons. The minimum atomic E-state index is 0.0732. The summed E-state index contributed by atoms with van der Waals surface area (Å²) in [6.45, 7) is 1.70. The Balaban J connectivity index is 2.28. The van der Waals surface area contributed by atoms with E-state index in [0.717, 1.165) is 6.54 Å². The summed E-state index contributed by atoms with van der Waals surface area (Å²) in [5, 5.41) is 2.91. The molecule has 8 nitrogen and oxygen atoms in total. The van der Waals surface area contributed by atoms with Crippen LogP contribution in [0.2, 0.25) is 0 Å². The molecule has 1 aromatic heterocycles. The first kappa shape index (κ1) is 13.3. The average Bonchev–Trinajstić information content (AvgIpc) is 2.41. The summed E-state index contributed by atoms with van der Waals surface area (Å²) >= 11 is 0. The van der Waals surface area contributed by atoms with Crippen LogP contribution >= 0.6 is 0 Å². The Morgan fingerprint density at radius 2 is 1.95 bits per heavy atom. The first-order valence-electron chi connectivity index (χ1n) is 6.11. The number of nitrogens with one attached hydrogen (secondary N) is 1. The van der Waals surface area contributed by atoms with Crippen LogP contribution in [0.25, 0.3) is 0 Å². The highest BCUT2D eigenvalue weighted by Crippen LogP contribution is 2.16. The van der Waals surface area contributed by atoms with Crippen LogP contribution in [0.5, 0.6) is 0 Å². The number of hydrogen-bond acceptors (Lipinski definition) is 7. The summed E-state index contributed by atoms with van der Waals surface area (Å²) in [7, 11) is 7.30. The molecule has 8 heteroatoms. The van der Waals surface area contributed by atoms with Crippen LogP contribution in [-0.2, 0) is 4.79 Å². The molecule has 0 atom stereocenters. The Morgan fingerprint density at radius 1 is 1.21 bits per heavy atom. The van der Waals surface area contributed by atoms with Crippen molar-refractivity contribution in [3.63, 3.8) is 0 Å². The topological polar surface area (TPSA) is 77.5 Å². The second-order valence-corrected chi connectivity index (χ2v) is 4.64. The summed E-state index contributed by atoms with van der Waals surface area (Å²) in [6.07, 6.45) is 0. The predicted molar refractivity (Wildman–Crippen MR) is 73.6 cm³/mol. The Hall–Kier alpha value is -2.12. The van der Waals surface area contributed by atoms with E-state index in [1.807, 2.05) is 23.9 Å². The normalized spacial score (nSPS) is 15.7. The quantitative estimate of drug-likeness (QED) is 0.771. The molecular weight excluding hydrogens is 246 g/mol. The van der Waals surface area contributed by atoms with Gasteiger partial charge in [0.05, 0.1) is 6.54 Å². The minimum absolute atomic E-state index is 0.0732. The van der Waals surface area contributed by atoms with Gasteiger partial charge in [0, 0.05) is 41.3 Å². The summed E-state index contributed by atoms with van der Waals surface area (Å²) in [5.41, 5.74) is 0. The second kappa shape index (κ2) is 5.25. The first-order chi connectivity index (χ1) is 9.01. The van der Waals surface area contributed by atoms with Crippen LogP contribution < -0.4 is 15.1 Å². The van der Waals surface area contributed by atoms with Gasteiger partial charge < -0.3 is 20.0 Å². The van der Waals surface area contributed by atoms with Crippen LogP contribution in [0, 0.1) is 0 Å². The molecule has 0 bridgehead atoms. The monoisotopic (exact) mass is 265 g/mol. The largest absolute Gasteiger partial charge is 0.357 e. The van der Waals surface area contributed by atoms with Crippen molar-refractivity contribution in [1.82, 2.24) is 19.9 Å². The zero-order valence-electron chi connectivity index (χ0n) is 11.7. The lowest BCUT2D eigenvalue weighted by Gasteiger charge is -2.32. The number of carbonyl (C=O) groups is 1. The van der Waals surface area contributed by atoms with E-state index in [1.165, 1.54) is 0 Å². The molecule has 1 aromatic rings. The number of piperazine rings is 1. The van der Waals surface area contributed by atoms with Crippen LogP contribution in [0.1, 0.15) is 0 Å². The van der Waals surface area contributed by atoms with Crippen molar-refractivity contribution < 1.29 is 4.79 Å². The van der Waals surface area contributed by atoms with E-state index in [9.17, 15) is 4.79 Å². The van der Waals surface area contributed by atoms with E-state index in [2.05, 4.69) is 20.3 Å². The van der Waals surface area contributed by atoms with Gasteiger partial charge in [-0.1, -0.05) is 0 Å². The number of nitrogens with zero attached hydrogens (tertiary/aromatic N) is 6. The molecule has 1 fully saturated rings. The van der Waals surface area contributed by atoms with E-state index in [-0.39, 0.29) is 5.91 Å². The van der Waals surface area contributed by atoms with Crippen LogP contribution in [0.15, 0.2) is 0 Å². The lowest BCUT2D eigenvalue weighted by Crippen LogP contribution is -2.49. The maximum atomic E-state index is 11.7. The molecule has 19 heavy (non-hydrogen) atoms. The van der Waals surface area contributed by atoms with Crippen LogP contribution in [0.3, 0.4) is 0 Å². The summed E-state index contributed by atoms with van der Waals surface area (Å²) in [4.78, 5) is 30.1. The predicted octanol–water partition coefficient (Wildman–Crippen LogP) is -0.742. The molecule has 1 amide bonds. The molecule has 1 N–H and O–H groups in total. The maximum Gasteiger partial charge on any atom is 0.242 e. The lowest BCUT2D eigenvalue weighted by atomic mass is 10.3. The summed E-state index contributed by atoms with van der Waals surface area (Å²) in [5.74, 6) is 1.68. The van der Waals surface area contributed by atoms with Gasteiger partial charge in [-0.25, -0.2) is 0 Å². The molecule has 0 unspecified atom stereocenters. The minimum Gasteiger partial charge on any atom is -0.357 e. The number of likely N-dealkylation sites (N-methyl/N-ethyl adjacent to an activating group) is 1. The van der Waals surface area contributed by atoms with Gasteiger partial charge in [0.1, 0.15) is 0 Å². The molecule has 104 valence electrons. The zero-order chi connectivity index (χ0) is 14.0. The molecule has 1 aliphatic rings. The fourth-order valence-corrected chi connectivity index (χ4v) is 1.74. The van der Waals surface area contributed by atoms with Gasteiger partial charge in [-0.05, 0) is 0 Å². The third kappa shape index (κ3) is 2.83. The number of hydrogen-bond donors (Lipinski definition) is 1. The smallest absolute Gasteiger partial charge is 0.242 e. The van der Waals surface area contributed by atoms with Crippen molar-refractivity contribution in [3.05, 3.63) is 0 Å². The van der Waals surface area contributed by atoms with Gasteiger partial charge in [0.25, 0.3) is 0 Å². The van der Waals surface area contributed by atoms with Gasteiger partial charge in [-0.15, -0.1) is 0 Å². The zero-order valence-corrected chi connectivity index (χ0v) is 11.7. The van der Waals surface area contributed by atoms with Gasteiger partial charge in [0.15, 0.2) is 0 Å². The molecular formula is C11H19N7O. The summed E-state index contributed by atoms with van der Waals surface area (Å²) in [6, 6.07) is 0. The van der Waals surface area contributed by atoms with E-state index in [1.54, 1.807) is 19.0 Å². The van der Waals surface area contributed by atoms with Gasteiger partial charge in [0.2, 0.25) is 23.8 Å². The van der Waals surface area contributed by atoms with Crippen LogP contribution in [0.4, 0.5) is 17.8 Å². The van der Waals surface area contributed by atoms with E-state index < -0.39 is 0 Å². The molecule has 0 aliphatic carbocycles. The molecule has 2 heterocycles. The third-order valence-electron chi connectivity index (χ3n) is 2.98. The number of amides is 1. The second-order valence-electron chi connectivity index (χ2n) is 4.64. The SMILES string of the molecule is CNc1nc(N(C)C)nc(N2CCN(C)C(=O)C2)n1. The maximum absolute atomic E-state index is 11.7. The number of rotatable bonds is 3. The Labute approximate surface area is 112 Å². The van der Waals surface area contributed by atoms with Crippen molar-refractivity contribution in [1.29, 1.82) is 0 Å². The molecule has 2 rings (SSSR count). The fourth-order valence-electron chi connectivity index (χ4n) is 1.74. The molecule has 0 spiro atoms. The highest BCUT2D eigenvalue weighted by Gasteiger charge is 2.24. The molecule has 0 saturated carbocycles. The van der Waals surface area contributed by atoms with Gasteiger partial charge in [-0.3, -0.25) is 4.79 Å². The number of carbonyl (C=O) groups excluding carboxylic acids is 1. The lowest BCUT2D eigenvalue weighted by molar-refractivity contribution is -0.129. The van der Waals surface area contributed by atoms with E-state index >= 15 is 0 Å². The van der Waals surface area contributed by atoms with Gasteiger partial charge in [-0.2, -0.15) is 15.0 Å². The summed E-state index contributed by atoms with van der Waals surface area (Å²) < 4.78 is 0. The van der Waals surface area contributed by atoms with Crippen molar-refractivity contribution >= 4 is 23.8 Å². The van der Waals surface area contributed by atoms with Crippen molar-refractivity contribution in [2.24, 2.45) is 0 Å². The molecule has 1 aliphatic heterocycles. The first-order valence-corrected chi connectivity index (χ1v) is 6.11. The van der Waals surface area contributed by atoms with Gasteiger partial charge >= 0.3 is 0 Å². The van der Waals surface area contributed by atoms with Crippen molar-refractivity contribution in [3.8, 4) is 0 Å². The standard InChI is InChI=1S/C11H19N7O/c1-12-9-13-10(16(2)3)15-11(14-9)18-6-5-17(4)8(19)7-18/h5-7H2,1-4H3,(H,12,13,14,15). The molecule has 1 saturated heterocycles. The highest BCUT2D eigenvalue weighted by molar-refractivity contribution is 5.82. The third-order valence-corrected chi connectivity index (χ3v) is 2.98. The van der Waals surface area contributed by atoms with Crippen molar-refractivity contribution in [2.75, 3.05) is 62.9 Å². The van der Waals surface area contributed by atoms with Crippen LogP contribution in [-0.4, -0.2) is 73.6 Å². The Bertz CT molecular complexity index is 476. The number of aromatic nitrogens is 3. The fraction of sp³-hybridized carbons (Fsp3) is 0.636. The van der Waals surface area contributed by atoms with E-state index in [0.29, 0.717) is 30.9 Å². The Morgan fingerprint density at radius 3 is 2.53 bits per heavy atom. The van der Waals surface area contributed by atoms with E-state index in [4.69, 9.17) is 0 Å². The number of anilines is 3. The van der Waals surface area contributed by atoms with Crippen molar-refractivity contribution in [2.45, 2.75) is 0 Å². The highest BCUT2D eigenvalue weighted by atomic mass is 16.2.